The lowest BCUT2D eigenvalue weighted by molar-refractivity contribution is -0.133. The number of nitrogens with zero attached hydrogens (tertiary/aromatic N) is 4. The van der Waals surface area contributed by atoms with Crippen molar-refractivity contribution >= 4 is 17.5 Å². The summed E-state index contributed by atoms with van der Waals surface area (Å²) in [6.07, 6.45) is 9.29. The first-order valence-electron chi connectivity index (χ1n) is 11.4. The molecule has 2 amide bonds. The predicted molar refractivity (Wildman–Crippen MR) is 117 cm³/mol. The number of rotatable bonds is 7. The first-order chi connectivity index (χ1) is 15.0. The Kier molecular flexibility index (Phi) is 6.85. The molecule has 31 heavy (non-hydrogen) atoms. The van der Waals surface area contributed by atoms with Crippen molar-refractivity contribution in [1.82, 2.24) is 24.8 Å². The molecule has 1 saturated heterocycles. The van der Waals surface area contributed by atoms with Gasteiger partial charge in [-0.2, -0.15) is 5.10 Å². The van der Waals surface area contributed by atoms with Crippen LogP contribution in [-0.2, 0) is 20.9 Å². The number of piperidine rings is 1. The summed E-state index contributed by atoms with van der Waals surface area (Å²) < 4.78 is 6.84. The number of likely N-dealkylation sites (tertiary alicyclic amines) is 1. The summed E-state index contributed by atoms with van der Waals surface area (Å²) in [6, 6.07) is 1.97. The summed E-state index contributed by atoms with van der Waals surface area (Å²) >= 11 is 0. The molecule has 1 saturated carbocycles. The zero-order valence-electron chi connectivity index (χ0n) is 18.6. The molecule has 3 heterocycles. The summed E-state index contributed by atoms with van der Waals surface area (Å²) in [7, 11) is 1.51. The standard InChI is InChI=1S/C23H33N5O3/c1-16-11-20-24-13-19(14-25-21(29)15-31-2)23(28(20)26-16)18-7-9-27(10-8-18)22(30)12-17-5-3-4-6-17/h11,13,17-18H,3-10,12,14-15H2,1-2H3,(H,25,29). The Hall–Kier alpha value is -2.48. The van der Waals surface area contributed by atoms with Crippen LogP contribution in [-0.4, -0.2) is 58.1 Å². The minimum absolute atomic E-state index is 0.0351. The Bertz CT molecular complexity index is 927. The van der Waals surface area contributed by atoms with Gasteiger partial charge in [-0.1, -0.05) is 12.8 Å². The number of carbonyl (C=O) groups excluding carboxylic acids is 2. The van der Waals surface area contributed by atoms with Crippen LogP contribution >= 0.6 is 0 Å². The molecule has 0 aromatic carbocycles. The topological polar surface area (TPSA) is 88.8 Å². The second-order valence-corrected chi connectivity index (χ2v) is 8.94. The van der Waals surface area contributed by atoms with Crippen LogP contribution in [0.3, 0.4) is 0 Å². The smallest absolute Gasteiger partial charge is 0.246 e. The number of amides is 2. The largest absolute Gasteiger partial charge is 0.375 e. The van der Waals surface area contributed by atoms with Crippen molar-refractivity contribution in [2.24, 2.45) is 5.92 Å². The maximum atomic E-state index is 12.8. The van der Waals surface area contributed by atoms with Crippen LogP contribution in [0.15, 0.2) is 12.3 Å². The molecule has 0 radical (unpaired) electrons. The van der Waals surface area contributed by atoms with E-state index in [4.69, 9.17) is 4.74 Å². The predicted octanol–water partition coefficient (Wildman–Crippen LogP) is 2.59. The summed E-state index contributed by atoms with van der Waals surface area (Å²) in [4.78, 5) is 31.2. The van der Waals surface area contributed by atoms with E-state index in [2.05, 4.69) is 15.4 Å². The normalized spacial score (nSPS) is 18.1. The molecule has 8 nitrogen and oxygen atoms in total. The highest BCUT2D eigenvalue weighted by Gasteiger charge is 2.29. The van der Waals surface area contributed by atoms with Gasteiger partial charge in [-0.05, 0) is 38.5 Å². The van der Waals surface area contributed by atoms with Crippen molar-refractivity contribution in [3.63, 3.8) is 0 Å². The fourth-order valence-corrected chi connectivity index (χ4v) is 5.04. The minimum Gasteiger partial charge on any atom is -0.375 e. The van der Waals surface area contributed by atoms with Gasteiger partial charge in [-0.25, -0.2) is 9.50 Å². The molecule has 2 aromatic rings. The third kappa shape index (κ3) is 5.06. The lowest BCUT2D eigenvalue weighted by atomic mass is 9.90. The second-order valence-electron chi connectivity index (χ2n) is 8.94. The quantitative estimate of drug-likeness (QED) is 0.734. The van der Waals surface area contributed by atoms with E-state index in [0.717, 1.165) is 48.5 Å². The molecule has 168 valence electrons. The SMILES string of the molecule is COCC(=O)NCc1cnc2cc(C)nn2c1C1CCN(C(=O)CC2CCCC2)CC1. The third-order valence-electron chi connectivity index (χ3n) is 6.65. The van der Waals surface area contributed by atoms with E-state index in [1.165, 1.54) is 32.8 Å². The van der Waals surface area contributed by atoms with E-state index in [1.54, 1.807) is 0 Å². The van der Waals surface area contributed by atoms with Crippen molar-refractivity contribution in [2.45, 2.75) is 64.3 Å². The summed E-state index contributed by atoms with van der Waals surface area (Å²) in [6.45, 7) is 3.93. The van der Waals surface area contributed by atoms with E-state index in [0.29, 0.717) is 24.8 Å². The molecule has 1 N–H and O–H groups in total. The number of aryl methyl sites for hydroxylation is 1. The number of nitrogens with one attached hydrogen (secondary N) is 1. The van der Waals surface area contributed by atoms with Gasteiger partial charge in [0, 0.05) is 56.9 Å². The van der Waals surface area contributed by atoms with Crippen LogP contribution in [0.1, 0.15) is 67.8 Å². The molecule has 0 bridgehead atoms. The fraction of sp³-hybridized carbons (Fsp3) is 0.652. The van der Waals surface area contributed by atoms with Gasteiger partial charge < -0.3 is 15.0 Å². The average molecular weight is 428 g/mol. The molecule has 0 spiro atoms. The Labute approximate surface area is 183 Å². The van der Waals surface area contributed by atoms with E-state index in [9.17, 15) is 9.59 Å². The Morgan fingerprint density at radius 3 is 2.65 bits per heavy atom. The highest BCUT2D eigenvalue weighted by Crippen LogP contribution is 2.33. The monoisotopic (exact) mass is 427 g/mol. The van der Waals surface area contributed by atoms with Crippen molar-refractivity contribution in [3.05, 3.63) is 29.2 Å². The molecular weight excluding hydrogens is 394 g/mol. The summed E-state index contributed by atoms with van der Waals surface area (Å²) in [5, 5.41) is 7.58. The molecule has 2 aliphatic rings. The maximum Gasteiger partial charge on any atom is 0.246 e. The van der Waals surface area contributed by atoms with Gasteiger partial charge in [-0.3, -0.25) is 9.59 Å². The van der Waals surface area contributed by atoms with Gasteiger partial charge in [-0.15, -0.1) is 0 Å². The van der Waals surface area contributed by atoms with Gasteiger partial charge in [0.25, 0.3) is 0 Å². The minimum atomic E-state index is -0.155. The number of hydrogen-bond acceptors (Lipinski definition) is 5. The highest BCUT2D eigenvalue weighted by atomic mass is 16.5. The van der Waals surface area contributed by atoms with Gasteiger partial charge >= 0.3 is 0 Å². The van der Waals surface area contributed by atoms with Crippen molar-refractivity contribution in [2.75, 3.05) is 26.8 Å². The lowest BCUT2D eigenvalue weighted by Gasteiger charge is -2.33. The molecule has 4 rings (SSSR count). The van der Waals surface area contributed by atoms with E-state index in [-0.39, 0.29) is 18.4 Å². The molecule has 8 heteroatoms. The van der Waals surface area contributed by atoms with Crippen LogP contribution in [0.2, 0.25) is 0 Å². The number of ether oxygens (including phenoxy) is 1. The van der Waals surface area contributed by atoms with E-state index in [1.807, 2.05) is 28.6 Å². The van der Waals surface area contributed by atoms with Gasteiger partial charge in [0.1, 0.15) is 6.61 Å². The maximum absolute atomic E-state index is 12.8. The van der Waals surface area contributed by atoms with Crippen LogP contribution < -0.4 is 5.32 Å². The molecular formula is C23H33N5O3. The lowest BCUT2D eigenvalue weighted by Crippen LogP contribution is -2.39. The van der Waals surface area contributed by atoms with Crippen LogP contribution in [0, 0.1) is 12.8 Å². The first-order valence-corrected chi connectivity index (χ1v) is 11.4. The molecule has 2 fully saturated rings. The summed E-state index contributed by atoms with van der Waals surface area (Å²) in [5.74, 6) is 1.01. The highest BCUT2D eigenvalue weighted by molar-refractivity contribution is 5.77. The van der Waals surface area contributed by atoms with Crippen molar-refractivity contribution in [3.8, 4) is 0 Å². The zero-order valence-corrected chi connectivity index (χ0v) is 18.6. The van der Waals surface area contributed by atoms with Gasteiger partial charge in [0.15, 0.2) is 5.65 Å². The second kappa shape index (κ2) is 9.77. The third-order valence-corrected chi connectivity index (χ3v) is 6.65. The Morgan fingerprint density at radius 1 is 1.19 bits per heavy atom. The van der Waals surface area contributed by atoms with E-state index >= 15 is 0 Å². The van der Waals surface area contributed by atoms with Crippen LogP contribution in [0.25, 0.3) is 5.65 Å². The number of aromatic nitrogens is 3. The molecule has 1 aliphatic heterocycles. The van der Waals surface area contributed by atoms with Gasteiger partial charge in [0.05, 0.1) is 11.4 Å². The average Bonchev–Trinajstić information content (AvgIpc) is 3.40. The van der Waals surface area contributed by atoms with Gasteiger partial charge in [0.2, 0.25) is 11.8 Å². The molecule has 0 atom stereocenters. The van der Waals surface area contributed by atoms with Crippen molar-refractivity contribution < 1.29 is 14.3 Å². The molecule has 2 aromatic heterocycles. The molecule has 0 unspecified atom stereocenters. The number of methoxy groups -OCH3 is 1. The fourth-order valence-electron chi connectivity index (χ4n) is 5.04. The van der Waals surface area contributed by atoms with Crippen molar-refractivity contribution in [1.29, 1.82) is 0 Å². The Balaban J connectivity index is 1.48. The molecule has 1 aliphatic carbocycles. The number of hydrogen-bond donors (Lipinski definition) is 1. The number of carbonyl (C=O) groups is 2. The number of fused-ring (bicyclic) bond motifs is 1. The summed E-state index contributed by atoms with van der Waals surface area (Å²) in [5.41, 5.74) is 3.80. The van der Waals surface area contributed by atoms with Crippen LogP contribution in [0.4, 0.5) is 0 Å². The van der Waals surface area contributed by atoms with Crippen LogP contribution in [0.5, 0.6) is 0 Å². The first kappa shape index (κ1) is 21.7. The zero-order chi connectivity index (χ0) is 21.8. The van der Waals surface area contributed by atoms with E-state index < -0.39 is 0 Å². The Morgan fingerprint density at radius 2 is 1.94 bits per heavy atom.